The number of pyridine rings is 1. The van der Waals surface area contributed by atoms with E-state index in [0.717, 1.165) is 28.2 Å². The Morgan fingerprint density at radius 3 is 2.14 bits per heavy atom. The lowest BCUT2D eigenvalue weighted by Crippen LogP contribution is -2.17. The van der Waals surface area contributed by atoms with Gasteiger partial charge < -0.3 is 19.1 Å². The second-order valence-electron chi connectivity index (χ2n) is 8.09. The van der Waals surface area contributed by atoms with E-state index in [2.05, 4.69) is 9.72 Å². The normalized spacial score (nSPS) is 11.5. The second kappa shape index (κ2) is 10.2. The van der Waals surface area contributed by atoms with Gasteiger partial charge in [-0.3, -0.25) is 4.98 Å². The lowest BCUT2D eigenvalue weighted by atomic mass is 10.0. The SMILES string of the molecule is COc1cc(Cc2cc(CO)cc(Cc3ccc(OC(F)(F)F)cc3)n2)ccc1-n1cnc(C)c1. The summed E-state index contributed by atoms with van der Waals surface area (Å²) < 4.78 is 48.6. The van der Waals surface area contributed by atoms with Gasteiger partial charge in [0.15, 0.2) is 0 Å². The highest BCUT2D eigenvalue weighted by molar-refractivity contribution is 5.50. The number of hydrogen-bond donors (Lipinski definition) is 1. The number of rotatable bonds is 8. The molecule has 0 fully saturated rings. The third-order valence-electron chi connectivity index (χ3n) is 5.34. The Kier molecular flexibility index (Phi) is 7.07. The van der Waals surface area contributed by atoms with Gasteiger partial charge in [0, 0.05) is 30.4 Å². The minimum Gasteiger partial charge on any atom is -0.495 e. The van der Waals surface area contributed by atoms with Crippen molar-refractivity contribution in [2.24, 2.45) is 0 Å². The van der Waals surface area contributed by atoms with Gasteiger partial charge in [-0.2, -0.15) is 0 Å². The number of aromatic nitrogens is 3. The number of aliphatic hydroxyl groups excluding tert-OH is 1. The number of halogens is 3. The molecule has 182 valence electrons. The van der Waals surface area contributed by atoms with Crippen molar-refractivity contribution in [1.29, 1.82) is 0 Å². The Balaban J connectivity index is 1.54. The van der Waals surface area contributed by atoms with Gasteiger partial charge in [-0.25, -0.2) is 4.98 Å². The van der Waals surface area contributed by atoms with Gasteiger partial charge in [0.25, 0.3) is 0 Å². The van der Waals surface area contributed by atoms with Crippen LogP contribution in [0, 0.1) is 6.92 Å². The molecule has 2 aromatic carbocycles. The standard InChI is InChI=1S/C26H24F3N3O3/c1-17-14-32(16-30-17)24-8-5-19(13-25(24)34-2)10-22-12-20(15-33)11-21(31-22)9-18-3-6-23(7-4-18)35-26(27,28)29/h3-8,11-14,16,33H,9-10,15H2,1-2H3. The highest BCUT2D eigenvalue weighted by Gasteiger charge is 2.30. The molecule has 0 spiro atoms. The third-order valence-corrected chi connectivity index (χ3v) is 5.34. The highest BCUT2D eigenvalue weighted by Crippen LogP contribution is 2.26. The van der Waals surface area contributed by atoms with E-state index in [1.165, 1.54) is 12.1 Å². The first kappa shape index (κ1) is 24.3. The number of methoxy groups -OCH3 is 1. The van der Waals surface area contributed by atoms with Crippen LogP contribution < -0.4 is 9.47 Å². The van der Waals surface area contributed by atoms with Gasteiger partial charge in [-0.1, -0.05) is 18.2 Å². The zero-order valence-electron chi connectivity index (χ0n) is 19.2. The largest absolute Gasteiger partial charge is 0.573 e. The Bertz CT molecular complexity index is 1300. The minimum atomic E-state index is -4.73. The summed E-state index contributed by atoms with van der Waals surface area (Å²) in [7, 11) is 1.61. The van der Waals surface area contributed by atoms with E-state index < -0.39 is 6.36 Å². The molecule has 9 heteroatoms. The molecular formula is C26H24F3N3O3. The van der Waals surface area contributed by atoms with Gasteiger partial charge >= 0.3 is 6.36 Å². The Morgan fingerprint density at radius 1 is 0.914 bits per heavy atom. The molecule has 0 aliphatic carbocycles. The highest BCUT2D eigenvalue weighted by atomic mass is 19.4. The lowest BCUT2D eigenvalue weighted by molar-refractivity contribution is -0.274. The Hall–Kier alpha value is -3.85. The summed E-state index contributed by atoms with van der Waals surface area (Å²) in [6.07, 6.45) is -0.175. The van der Waals surface area contributed by atoms with Crippen molar-refractivity contribution in [2.75, 3.05) is 7.11 Å². The summed E-state index contributed by atoms with van der Waals surface area (Å²) in [5.74, 6) is 0.418. The summed E-state index contributed by atoms with van der Waals surface area (Å²) >= 11 is 0. The molecule has 4 rings (SSSR count). The number of nitrogens with zero attached hydrogens (tertiary/aromatic N) is 3. The zero-order chi connectivity index (χ0) is 25.0. The fraction of sp³-hybridized carbons (Fsp3) is 0.231. The molecule has 0 saturated heterocycles. The number of hydrogen-bond acceptors (Lipinski definition) is 5. The van der Waals surface area contributed by atoms with Crippen LogP contribution in [-0.4, -0.2) is 33.1 Å². The summed E-state index contributed by atoms with van der Waals surface area (Å²) in [4.78, 5) is 8.97. The van der Waals surface area contributed by atoms with E-state index in [1.54, 1.807) is 31.6 Å². The first-order valence-electron chi connectivity index (χ1n) is 10.8. The molecule has 1 N–H and O–H groups in total. The molecule has 35 heavy (non-hydrogen) atoms. The van der Waals surface area contributed by atoms with Crippen molar-refractivity contribution in [2.45, 2.75) is 32.7 Å². The molecule has 0 amide bonds. The zero-order valence-corrected chi connectivity index (χ0v) is 19.2. The van der Waals surface area contributed by atoms with Crippen molar-refractivity contribution < 1.29 is 27.8 Å². The second-order valence-corrected chi connectivity index (χ2v) is 8.09. The van der Waals surface area contributed by atoms with Crippen molar-refractivity contribution in [3.05, 3.63) is 101 Å². The van der Waals surface area contributed by atoms with Crippen LogP contribution in [0.25, 0.3) is 5.69 Å². The van der Waals surface area contributed by atoms with E-state index >= 15 is 0 Å². The maximum absolute atomic E-state index is 12.4. The molecule has 0 aliphatic heterocycles. The van der Waals surface area contributed by atoms with Crippen LogP contribution in [0.4, 0.5) is 13.2 Å². The van der Waals surface area contributed by atoms with Crippen LogP contribution in [-0.2, 0) is 19.4 Å². The molecule has 0 bridgehead atoms. The summed E-state index contributed by atoms with van der Waals surface area (Å²) in [6.45, 7) is 1.77. The maximum atomic E-state index is 12.4. The molecular weight excluding hydrogens is 459 g/mol. The van der Waals surface area contributed by atoms with Crippen molar-refractivity contribution in [1.82, 2.24) is 14.5 Å². The maximum Gasteiger partial charge on any atom is 0.573 e. The van der Waals surface area contributed by atoms with E-state index in [4.69, 9.17) is 9.72 Å². The van der Waals surface area contributed by atoms with Gasteiger partial charge in [0.2, 0.25) is 0 Å². The molecule has 6 nitrogen and oxygen atoms in total. The fourth-order valence-corrected chi connectivity index (χ4v) is 3.82. The van der Waals surface area contributed by atoms with Crippen LogP contribution in [0.15, 0.2) is 67.1 Å². The quantitative estimate of drug-likeness (QED) is 0.375. The van der Waals surface area contributed by atoms with Gasteiger partial charge in [0.1, 0.15) is 11.5 Å². The van der Waals surface area contributed by atoms with E-state index in [9.17, 15) is 18.3 Å². The minimum absolute atomic E-state index is 0.150. The van der Waals surface area contributed by atoms with Gasteiger partial charge in [-0.15, -0.1) is 13.2 Å². The van der Waals surface area contributed by atoms with Crippen molar-refractivity contribution in [3.8, 4) is 17.2 Å². The third kappa shape index (κ3) is 6.39. The lowest BCUT2D eigenvalue weighted by Gasteiger charge is -2.13. The van der Waals surface area contributed by atoms with E-state index in [-0.39, 0.29) is 12.4 Å². The predicted octanol–water partition coefficient (Wildman–Crippen LogP) is 5.16. The molecule has 2 aromatic heterocycles. The summed E-state index contributed by atoms with van der Waals surface area (Å²) in [6, 6.07) is 15.2. The first-order valence-corrected chi connectivity index (χ1v) is 10.8. The number of benzene rings is 2. The number of aliphatic hydroxyl groups is 1. The topological polar surface area (TPSA) is 69.4 Å². The number of alkyl halides is 3. The monoisotopic (exact) mass is 483 g/mol. The molecule has 0 unspecified atom stereocenters. The fourth-order valence-electron chi connectivity index (χ4n) is 3.82. The van der Waals surface area contributed by atoms with Crippen LogP contribution >= 0.6 is 0 Å². The molecule has 0 saturated carbocycles. The number of aryl methyl sites for hydroxylation is 1. The average molecular weight is 483 g/mol. The first-order chi connectivity index (χ1) is 16.7. The average Bonchev–Trinajstić information content (AvgIpc) is 3.25. The van der Waals surface area contributed by atoms with Crippen LogP contribution in [0.2, 0.25) is 0 Å². The Morgan fingerprint density at radius 2 is 1.57 bits per heavy atom. The predicted molar refractivity (Wildman–Crippen MR) is 124 cm³/mol. The van der Waals surface area contributed by atoms with Crippen molar-refractivity contribution in [3.63, 3.8) is 0 Å². The van der Waals surface area contributed by atoms with Gasteiger partial charge in [-0.05, 0) is 60.0 Å². The number of imidazole rings is 1. The molecule has 0 aliphatic rings. The van der Waals surface area contributed by atoms with E-state index in [1.807, 2.05) is 42.0 Å². The summed E-state index contributed by atoms with van der Waals surface area (Å²) in [5.41, 5.74) is 5.69. The molecule has 4 aromatic rings. The molecule has 0 radical (unpaired) electrons. The van der Waals surface area contributed by atoms with E-state index in [0.29, 0.717) is 29.8 Å². The molecule has 2 heterocycles. The van der Waals surface area contributed by atoms with Crippen LogP contribution in [0.5, 0.6) is 11.5 Å². The molecule has 0 atom stereocenters. The van der Waals surface area contributed by atoms with Gasteiger partial charge in [0.05, 0.1) is 31.4 Å². The van der Waals surface area contributed by atoms with Crippen molar-refractivity contribution >= 4 is 0 Å². The number of ether oxygens (including phenoxy) is 2. The summed E-state index contributed by atoms with van der Waals surface area (Å²) in [5, 5.41) is 9.73. The van der Waals surface area contributed by atoms with Crippen LogP contribution in [0.3, 0.4) is 0 Å². The Labute approximate surface area is 200 Å². The smallest absolute Gasteiger partial charge is 0.495 e. The van der Waals surface area contributed by atoms with Crippen LogP contribution in [0.1, 0.15) is 33.8 Å².